The fourth-order valence-corrected chi connectivity index (χ4v) is 3.81. The van der Waals surface area contributed by atoms with E-state index in [1.54, 1.807) is 25.1 Å². The third-order valence-electron chi connectivity index (χ3n) is 5.39. The molecule has 38 heavy (non-hydrogen) atoms. The van der Waals surface area contributed by atoms with Gasteiger partial charge in [0.1, 0.15) is 17.9 Å². The summed E-state index contributed by atoms with van der Waals surface area (Å²) >= 11 is 6.17. The van der Waals surface area contributed by atoms with Crippen molar-refractivity contribution in [2.45, 2.75) is 13.2 Å². The largest absolute Gasteiger partial charge is 0.495 e. The van der Waals surface area contributed by atoms with E-state index in [9.17, 15) is 18.8 Å². The summed E-state index contributed by atoms with van der Waals surface area (Å²) in [7, 11) is 1.31. The first kappa shape index (κ1) is 26.4. The lowest BCUT2D eigenvalue weighted by molar-refractivity contribution is -0.123. The fourth-order valence-electron chi connectivity index (χ4n) is 3.64. The number of benzene rings is 2. The summed E-state index contributed by atoms with van der Waals surface area (Å²) in [6.45, 7) is 1.98. The monoisotopic (exact) mass is 543 g/mol. The first-order valence-corrected chi connectivity index (χ1v) is 11.5. The summed E-state index contributed by atoms with van der Waals surface area (Å²) in [5.41, 5.74) is -0.0951. The third kappa shape index (κ3) is 5.37. The Morgan fingerprint density at radius 2 is 1.95 bits per heavy atom. The molecule has 2 N–H and O–H groups in total. The number of pyridine rings is 1. The molecular weight excluding hydrogens is 524 g/mol. The van der Waals surface area contributed by atoms with Crippen molar-refractivity contribution in [3.8, 4) is 22.6 Å². The molecule has 14 heteroatoms. The van der Waals surface area contributed by atoms with Crippen molar-refractivity contribution in [2.75, 3.05) is 19.0 Å². The number of aromatic nitrogens is 5. The molecule has 0 aliphatic carbocycles. The molecule has 0 bridgehead atoms. The van der Waals surface area contributed by atoms with E-state index in [4.69, 9.17) is 16.3 Å². The van der Waals surface area contributed by atoms with Crippen molar-refractivity contribution in [3.05, 3.63) is 81.7 Å². The van der Waals surface area contributed by atoms with Gasteiger partial charge in [0.25, 0.3) is 23.7 Å². The number of alkyl halides is 1. The Labute approximate surface area is 219 Å². The summed E-state index contributed by atoms with van der Waals surface area (Å²) < 4.78 is 36.8. The quantitative estimate of drug-likeness (QED) is 0.349. The molecule has 0 aliphatic heterocycles. The molecule has 196 valence electrons. The number of carbonyl (C=O) groups is 2. The molecule has 2 amide bonds. The van der Waals surface area contributed by atoms with Crippen molar-refractivity contribution < 1.29 is 23.1 Å². The summed E-state index contributed by atoms with van der Waals surface area (Å²) in [6, 6.07) is 9.13. The van der Waals surface area contributed by atoms with Gasteiger partial charge in [0.05, 0.1) is 24.6 Å². The average molecular weight is 544 g/mol. The molecule has 0 fully saturated rings. The molecule has 2 aromatic carbocycles. The number of tetrazole rings is 1. The van der Waals surface area contributed by atoms with Crippen LogP contribution >= 0.6 is 11.6 Å². The van der Waals surface area contributed by atoms with E-state index >= 15 is 4.39 Å². The Morgan fingerprint density at radius 1 is 1.16 bits per heavy atom. The summed E-state index contributed by atoms with van der Waals surface area (Å²) in [4.78, 5) is 37.3. The number of hydrogen-bond acceptors (Lipinski definition) is 7. The number of hydrogen-bond donors (Lipinski definition) is 2. The van der Waals surface area contributed by atoms with Gasteiger partial charge >= 0.3 is 0 Å². The van der Waals surface area contributed by atoms with Gasteiger partial charge in [-0.15, -0.1) is 5.10 Å². The highest BCUT2D eigenvalue weighted by Crippen LogP contribution is 2.35. The number of amides is 2. The van der Waals surface area contributed by atoms with Gasteiger partial charge in [-0.1, -0.05) is 11.6 Å². The standard InChI is InChI=1S/C24H20ClF2N7O4/c1-3-28-23(36)15-6-5-14(9-18(15)26)30-24(37)22(27)33-11-20(38-2)17(10-21(33)35)16-8-13(25)4-7-19(16)34-12-29-31-32-34/h4-12,22H,3H2,1-2H3,(H,28,36)(H,30,37). The van der Waals surface area contributed by atoms with Crippen LogP contribution in [-0.4, -0.2) is 50.2 Å². The van der Waals surface area contributed by atoms with Crippen molar-refractivity contribution in [2.24, 2.45) is 0 Å². The van der Waals surface area contributed by atoms with Gasteiger partial charge in [-0.25, -0.2) is 8.78 Å². The second-order valence-corrected chi connectivity index (χ2v) is 8.23. The van der Waals surface area contributed by atoms with Crippen LogP contribution in [0.1, 0.15) is 23.6 Å². The van der Waals surface area contributed by atoms with Crippen LogP contribution in [0, 0.1) is 5.82 Å². The van der Waals surface area contributed by atoms with Gasteiger partial charge in [-0.2, -0.15) is 4.68 Å². The van der Waals surface area contributed by atoms with Crippen LogP contribution in [0.2, 0.25) is 5.02 Å². The average Bonchev–Trinajstić information content (AvgIpc) is 3.43. The summed E-state index contributed by atoms with van der Waals surface area (Å²) in [6.07, 6.45) is -0.117. The second kappa shape index (κ2) is 11.2. The molecular formula is C24H20ClF2N7O4. The predicted molar refractivity (Wildman–Crippen MR) is 134 cm³/mol. The zero-order valence-electron chi connectivity index (χ0n) is 20.0. The zero-order valence-corrected chi connectivity index (χ0v) is 20.7. The van der Waals surface area contributed by atoms with Crippen LogP contribution in [0.15, 0.2) is 59.8 Å². The third-order valence-corrected chi connectivity index (χ3v) is 5.62. The predicted octanol–water partition coefficient (Wildman–Crippen LogP) is 3.15. The van der Waals surface area contributed by atoms with Crippen molar-refractivity contribution >= 4 is 29.1 Å². The number of carbonyl (C=O) groups excluding carboxylic acids is 2. The molecule has 0 spiro atoms. The lowest BCUT2D eigenvalue weighted by Crippen LogP contribution is -2.30. The van der Waals surface area contributed by atoms with Gasteiger partial charge < -0.3 is 15.4 Å². The van der Waals surface area contributed by atoms with Crippen molar-refractivity contribution in [3.63, 3.8) is 0 Å². The smallest absolute Gasteiger partial charge is 0.280 e. The first-order valence-electron chi connectivity index (χ1n) is 11.1. The topological polar surface area (TPSA) is 133 Å². The summed E-state index contributed by atoms with van der Waals surface area (Å²) in [5.74, 6) is -2.74. The van der Waals surface area contributed by atoms with Gasteiger partial charge in [-0.05, 0) is 53.7 Å². The van der Waals surface area contributed by atoms with E-state index < -0.39 is 29.5 Å². The highest BCUT2D eigenvalue weighted by Gasteiger charge is 2.24. The van der Waals surface area contributed by atoms with Crippen LogP contribution < -0.4 is 20.9 Å². The zero-order chi connectivity index (χ0) is 27.4. The molecule has 0 aliphatic rings. The molecule has 4 rings (SSSR count). The normalized spacial score (nSPS) is 11.6. The number of rotatable bonds is 8. The number of halogens is 3. The van der Waals surface area contributed by atoms with Gasteiger partial charge in [0.15, 0.2) is 0 Å². The lowest BCUT2D eigenvalue weighted by atomic mass is 10.0. The van der Waals surface area contributed by atoms with Crippen LogP contribution in [0.5, 0.6) is 5.75 Å². The van der Waals surface area contributed by atoms with Crippen molar-refractivity contribution in [1.29, 1.82) is 0 Å². The molecule has 1 unspecified atom stereocenters. The number of methoxy groups -OCH3 is 1. The highest BCUT2D eigenvalue weighted by atomic mass is 35.5. The van der Waals surface area contributed by atoms with E-state index in [1.165, 1.54) is 24.2 Å². The van der Waals surface area contributed by atoms with Gasteiger partial charge in [0.2, 0.25) is 0 Å². The van der Waals surface area contributed by atoms with E-state index in [2.05, 4.69) is 26.2 Å². The van der Waals surface area contributed by atoms with Gasteiger partial charge in [0, 0.05) is 34.4 Å². The maximum absolute atomic E-state index is 15.2. The van der Waals surface area contributed by atoms with E-state index in [1.807, 2.05) is 0 Å². The van der Waals surface area contributed by atoms with E-state index in [-0.39, 0.29) is 22.6 Å². The number of nitrogens with one attached hydrogen (secondary N) is 2. The Morgan fingerprint density at radius 3 is 2.61 bits per heavy atom. The van der Waals surface area contributed by atoms with Crippen LogP contribution in [-0.2, 0) is 4.79 Å². The minimum absolute atomic E-state index is 0.0500. The molecule has 2 heterocycles. The second-order valence-electron chi connectivity index (χ2n) is 7.80. The minimum atomic E-state index is -2.49. The number of nitrogens with zero attached hydrogens (tertiary/aromatic N) is 5. The number of anilines is 1. The molecule has 0 radical (unpaired) electrons. The molecule has 11 nitrogen and oxygen atoms in total. The molecule has 0 saturated carbocycles. The van der Waals surface area contributed by atoms with Crippen LogP contribution in [0.3, 0.4) is 0 Å². The fraction of sp³-hybridized carbons (Fsp3) is 0.167. The van der Waals surface area contributed by atoms with Gasteiger partial charge in [-0.3, -0.25) is 19.0 Å². The Hall–Kier alpha value is -4.65. The Bertz CT molecular complexity index is 1560. The number of ether oxygens (including phenoxy) is 1. The molecule has 0 saturated heterocycles. The highest BCUT2D eigenvalue weighted by molar-refractivity contribution is 6.31. The van der Waals surface area contributed by atoms with Crippen LogP contribution in [0.4, 0.5) is 14.5 Å². The SMILES string of the molecule is CCNC(=O)c1ccc(NC(=O)C(F)n2cc(OC)c(-c3cc(Cl)ccc3-n3cnnn3)cc2=O)cc1F. The minimum Gasteiger partial charge on any atom is -0.495 e. The van der Waals surface area contributed by atoms with Crippen LogP contribution in [0.25, 0.3) is 16.8 Å². The van der Waals surface area contributed by atoms with E-state index in [0.717, 1.165) is 24.4 Å². The van der Waals surface area contributed by atoms with Crippen molar-refractivity contribution in [1.82, 2.24) is 30.1 Å². The maximum Gasteiger partial charge on any atom is 0.280 e. The lowest BCUT2D eigenvalue weighted by Gasteiger charge is -2.17. The summed E-state index contributed by atoms with van der Waals surface area (Å²) in [5, 5.41) is 16.0. The Kier molecular flexibility index (Phi) is 7.76. The molecule has 1 atom stereocenters. The Balaban J connectivity index is 1.64. The molecule has 2 aromatic heterocycles. The molecule has 4 aromatic rings. The maximum atomic E-state index is 15.2. The van der Waals surface area contributed by atoms with E-state index in [0.29, 0.717) is 27.4 Å². The first-order chi connectivity index (χ1) is 18.2.